The second kappa shape index (κ2) is 5.58. The summed E-state index contributed by atoms with van der Waals surface area (Å²) in [5, 5.41) is 4.19. The van der Waals surface area contributed by atoms with Crippen LogP contribution >= 0.6 is 23.2 Å². The van der Waals surface area contributed by atoms with E-state index in [1.807, 2.05) is 38.4 Å². The number of amides is 1. The highest BCUT2D eigenvalue weighted by atomic mass is 35.5. The van der Waals surface area contributed by atoms with Crippen molar-refractivity contribution in [3.8, 4) is 11.1 Å². The molecule has 0 heterocycles. The average Bonchev–Trinajstić information content (AvgIpc) is 2.70. The maximum absolute atomic E-state index is 11.5. The summed E-state index contributed by atoms with van der Waals surface area (Å²) in [6, 6.07) is 9.66. The molecule has 0 aromatic heterocycles. The van der Waals surface area contributed by atoms with Gasteiger partial charge in [-0.1, -0.05) is 29.3 Å². The Balaban J connectivity index is 2.31. The maximum Gasteiger partial charge on any atom is 0.221 e. The van der Waals surface area contributed by atoms with Gasteiger partial charge in [-0.15, -0.1) is 0 Å². The van der Waals surface area contributed by atoms with Crippen molar-refractivity contribution in [3.05, 3.63) is 51.5 Å². The number of hydrogen-bond acceptors (Lipinski definition) is 2. The van der Waals surface area contributed by atoms with Gasteiger partial charge in [0.2, 0.25) is 5.91 Å². The zero-order valence-corrected chi connectivity index (χ0v) is 14.1. The number of rotatable bonds is 2. The van der Waals surface area contributed by atoms with Crippen LogP contribution in [-0.2, 0) is 4.79 Å². The van der Waals surface area contributed by atoms with Gasteiger partial charge in [0.05, 0.1) is 11.7 Å². The fourth-order valence-corrected chi connectivity index (χ4v) is 3.55. The Morgan fingerprint density at radius 2 is 1.77 bits per heavy atom. The summed E-state index contributed by atoms with van der Waals surface area (Å²) in [4.78, 5) is 13.6. The first-order valence-electron chi connectivity index (χ1n) is 6.95. The highest BCUT2D eigenvalue weighted by Crippen LogP contribution is 2.50. The Morgan fingerprint density at radius 1 is 1.09 bits per heavy atom. The molecule has 1 atom stereocenters. The molecule has 0 spiro atoms. The first kappa shape index (κ1) is 15.3. The summed E-state index contributed by atoms with van der Waals surface area (Å²) in [5.41, 5.74) is 5.05. The van der Waals surface area contributed by atoms with Gasteiger partial charge in [-0.25, -0.2) is 0 Å². The predicted molar refractivity (Wildman–Crippen MR) is 91.7 cm³/mol. The number of anilines is 1. The molecule has 1 aliphatic rings. The summed E-state index contributed by atoms with van der Waals surface area (Å²) in [5.74, 6) is -0.117. The van der Waals surface area contributed by atoms with Crippen LogP contribution in [0.4, 0.5) is 5.69 Å². The van der Waals surface area contributed by atoms with Gasteiger partial charge in [0.25, 0.3) is 0 Å². The molecule has 3 nitrogen and oxygen atoms in total. The molecule has 3 rings (SSSR count). The predicted octanol–water partition coefficient (Wildman–Crippen LogP) is 4.58. The van der Waals surface area contributed by atoms with Gasteiger partial charge in [0.15, 0.2) is 0 Å². The third-order valence-electron chi connectivity index (χ3n) is 3.83. The molecule has 114 valence electrons. The molecule has 2 aromatic carbocycles. The van der Waals surface area contributed by atoms with E-state index >= 15 is 0 Å². The van der Waals surface area contributed by atoms with E-state index in [9.17, 15) is 4.79 Å². The van der Waals surface area contributed by atoms with Gasteiger partial charge in [0, 0.05) is 22.5 Å². The van der Waals surface area contributed by atoms with Gasteiger partial charge < -0.3 is 5.32 Å². The molecular weight excluding hydrogens is 319 g/mol. The van der Waals surface area contributed by atoms with E-state index in [4.69, 9.17) is 23.2 Å². The lowest BCUT2D eigenvalue weighted by Crippen LogP contribution is -2.19. The number of nitrogens with one attached hydrogen (secondary N) is 1. The summed E-state index contributed by atoms with van der Waals surface area (Å²) in [7, 11) is 4.03. The van der Waals surface area contributed by atoms with Crippen LogP contribution in [0.25, 0.3) is 11.1 Å². The molecule has 0 aliphatic heterocycles. The molecule has 0 radical (unpaired) electrons. The second-order valence-corrected chi connectivity index (χ2v) is 6.57. The third-order valence-corrected chi connectivity index (χ3v) is 4.29. The molecule has 1 N–H and O–H groups in total. The topological polar surface area (TPSA) is 32.3 Å². The van der Waals surface area contributed by atoms with E-state index in [0.29, 0.717) is 10.0 Å². The van der Waals surface area contributed by atoms with Crippen LogP contribution in [0.15, 0.2) is 30.3 Å². The molecule has 2 aromatic rings. The van der Waals surface area contributed by atoms with E-state index in [2.05, 4.69) is 10.2 Å². The molecule has 0 bridgehead atoms. The molecule has 5 heteroatoms. The average molecular weight is 335 g/mol. The molecule has 1 amide bonds. The fourth-order valence-electron chi connectivity index (χ4n) is 3.14. The summed E-state index contributed by atoms with van der Waals surface area (Å²) in [6.07, 6.45) is 0. The smallest absolute Gasteiger partial charge is 0.221 e. The third kappa shape index (κ3) is 2.50. The number of carbonyl (C=O) groups excluding carboxylic acids is 1. The second-order valence-electron chi connectivity index (χ2n) is 5.70. The molecule has 22 heavy (non-hydrogen) atoms. The number of hydrogen-bond donors (Lipinski definition) is 1. The SMILES string of the molecule is CC(=O)Nc1cc(Cl)cc2c1-c1ccc(Cl)cc1C2N(C)C. The number of nitrogens with zero attached hydrogens (tertiary/aromatic N) is 1. The summed E-state index contributed by atoms with van der Waals surface area (Å²) in [6.45, 7) is 1.49. The van der Waals surface area contributed by atoms with Crippen molar-refractivity contribution in [2.24, 2.45) is 0 Å². The Morgan fingerprint density at radius 3 is 2.41 bits per heavy atom. The number of fused-ring (bicyclic) bond motifs is 3. The number of halogens is 2. The van der Waals surface area contributed by atoms with Crippen molar-refractivity contribution in [2.45, 2.75) is 13.0 Å². The highest BCUT2D eigenvalue weighted by molar-refractivity contribution is 6.31. The number of benzene rings is 2. The Labute approximate surface area is 139 Å². The van der Waals surface area contributed by atoms with Crippen molar-refractivity contribution in [2.75, 3.05) is 19.4 Å². The van der Waals surface area contributed by atoms with E-state index in [-0.39, 0.29) is 11.9 Å². The monoisotopic (exact) mass is 334 g/mol. The first-order valence-corrected chi connectivity index (χ1v) is 7.71. The van der Waals surface area contributed by atoms with Crippen LogP contribution in [0.5, 0.6) is 0 Å². The van der Waals surface area contributed by atoms with Crippen molar-refractivity contribution in [1.82, 2.24) is 4.90 Å². The lowest BCUT2D eigenvalue weighted by Gasteiger charge is -2.22. The zero-order chi connectivity index (χ0) is 16.0. The largest absolute Gasteiger partial charge is 0.326 e. The first-order chi connectivity index (χ1) is 10.4. The normalized spacial score (nSPS) is 15.6. The van der Waals surface area contributed by atoms with Crippen molar-refractivity contribution >= 4 is 34.8 Å². The van der Waals surface area contributed by atoms with Crippen LogP contribution in [0.1, 0.15) is 24.1 Å². The Kier molecular flexibility index (Phi) is 3.89. The molecule has 0 fully saturated rings. The van der Waals surface area contributed by atoms with Gasteiger partial charge in [0.1, 0.15) is 0 Å². The number of carbonyl (C=O) groups is 1. The van der Waals surface area contributed by atoms with Crippen molar-refractivity contribution in [1.29, 1.82) is 0 Å². The standard InChI is InChI=1S/C17H16Cl2N2O/c1-9(22)20-15-8-11(19)7-14-16(15)12-5-4-10(18)6-13(12)17(14)21(2)3/h4-8,17H,1-3H3,(H,20,22). The van der Waals surface area contributed by atoms with Crippen LogP contribution in [0.2, 0.25) is 10.0 Å². The zero-order valence-electron chi connectivity index (χ0n) is 12.6. The van der Waals surface area contributed by atoms with Crippen molar-refractivity contribution < 1.29 is 4.79 Å². The summed E-state index contributed by atoms with van der Waals surface area (Å²) < 4.78 is 0. The maximum atomic E-state index is 11.5. The minimum atomic E-state index is -0.117. The van der Waals surface area contributed by atoms with Crippen LogP contribution < -0.4 is 5.32 Å². The van der Waals surface area contributed by atoms with Gasteiger partial charge in [-0.3, -0.25) is 9.69 Å². The van der Waals surface area contributed by atoms with Gasteiger partial charge in [-0.05, 0) is 55.1 Å². The minimum Gasteiger partial charge on any atom is -0.326 e. The Hall–Kier alpha value is -1.55. The fraction of sp³-hybridized carbons (Fsp3) is 0.235. The molecule has 0 saturated heterocycles. The summed E-state index contributed by atoms with van der Waals surface area (Å²) >= 11 is 12.4. The lowest BCUT2D eigenvalue weighted by molar-refractivity contribution is -0.114. The lowest BCUT2D eigenvalue weighted by atomic mass is 10.0. The quantitative estimate of drug-likeness (QED) is 0.871. The molecule has 0 saturated carbocycles. The van der Waals surface area contributed by atoms with Gasteiger partial charge >= 0.3 is 0 Å². The molecule has 1 unspecified atom stereocenters. The Bertz CT molecular complexity index is 771. The van der Waals surface area contributed by atoms with Crippen LogP contribution in [0.3, 0.4) is 0 Å². The van der Waals surface area contributed by atoms with Crippen LogP contribution in [-0.4, -0.2) is 24.9 Å². The minimum absolute atomic E-state index is 0.0647. The highest BCUT2D eigenvalue weighted by Gasteiger charge is 2.32. The van der Waals surface area contributed by atoms with E-state index < -0.39 is 0 Å². The molecule has 1 aliphatic carbocycles. The van der Waals surface area contributed by atoms with E-state index in [1.165, 1.54) is 6.92 Å². The van der Waals surface area contributed by atoms with E-state index in [1.54, 1.807) is 6.07 Å². The van der Waals surface area contributed by atoms with Crippen molar-refractivity contribution in [3.63, 3.8) is 0 Å². The van der Waals surface area contributed by atoms with E-state index in [0.717, 1.165) is 27.9 Å². The van der Waals surface area contributed by atoms with Crippen LogP contribution in [0, 0.1) is 0 Å². The van der Waals surface area contributed by atoms with Gasteiger partial charge in [-0.2, -0.15) is 0 Å². The molecular formula is C17H16Cl2N2O.